The van der Waals surface area contributed by atoms with Crippen LogP contribution >= 0.6 is 0 Å². The zero-order chi connectivity index (χ0) is 15.9. The van der Waals surface area contributed by atoms with E-state index in [2.05, 4.69) is 5.32 Å². The lowest BCUT2D eigenvalue weighted by molar-refractivity contribution is -0.147. The molecule has 0 aliphatic carbocycles. The second-order valence-electron chi connectivity index (χ2n) is 4.60. The van der Waals surface area contributed by atoms with E-state index < -0.39 is 36.9 Å². The lowest BCUT2D eigenvalue weighted by Gasteiger charge is -2.15. The van der Waals surface area contributed by atoms with Crippen LogP contribution in [0, 0.1) is 0 Å². The molecule has 0 saturated heterocycles. The molecular weight excluding hydrogens is 287 g/mol. The zero-order valence-electron chi connectivity index (χ0n) is 11.2. The van der Waals surface area contributed by atoms with E-state index >= 15 is 0 Å². The SMILES string of the molecule is O=C(CCC(F)(F)F)NC(CCc1ccccc1)C(=O)O. The van der Waals surface area contributed by atoms with Gasteiger partial charge in [-0.25, -0.2) is 4.79 Å². The number of hydrogen-bond donors (Lipinski definition) is 2. The molecule has 1 atom stereocenters. The first-order chi connectivity index (χ1) is 9.78. The minimum absolute atomic E-state index is 0.122. The minimum atomic E-state index is -4.43. The zero-order valence-corrected chi connectivity index (χ0v) is 11.2. The number of aliphatic carboxylic acids is 1. The fourth-order valence-electron chi connectivity index (χ4n) is 1.73. The summed E-state index contributed by atoms with van der Waals surface area (Å²) in [5.41, 5.74) is 0.897. The Hall–Kier alpha value is -2.05. The Morgan fingerprint density at radius 2 is 1.81 bits per heavy atom. The molecule has 2 N–H and O–H groups in total. The summed E-state index contributed by atoms with van der Waals surface area (Å²) in [5.74, 6) is -2.17. The summed E-state index contributed by atoms with van der Waals surface area (Å²) in [6.45, 7) is 0. The van der Waals surface area contributed by atoms with Crippen molar-refractivity contribution in [2.75, 3.05) is 0 Å². The van der Waals surface area contributed by atoms with Gasteiger partial charge in [-0.3, -0.25) is 4.79 Å². The summed E-state index contributed by atoms with van der Waals surface area (Å²) in [5, 5.41) is 11.1. The number of amides is 1. The average Bonchev–Trinajstić information content (AvgIpc) is 2.41. The highest BCUT2D eigenvalue weighted by Crippen LogP contribution is 2.21. The lowest BCUT2D eigenvalue weighted by atomic mass is 10.1. The van der Waals surface area contributed by atoms with Crippen LogP contribution in [0.5, 0.6) is 0 Å². The number of nitrogens with one attached hydrogen (secondary N) is 1. The van der Waals surface area contributed by atoms with E-state index in [-0.39, 0.29) is 6.42 Å². The van der Waals surface area contributed by atoms with Crippen molar-refractivity contribution in [3.05, 3.63) is 35.9 Å². The van der Waals surface area contributed by atoms with Crippen LogP contribution in [0.25, 0.3) is 0 Å². The van der Waals surface area contributed by atoms with Crippen molar-refractivity contribution < 1.29 is 27.9 Å². The van der Waals surface area contributed by atoms with Gasteiger partial charge in [-0.15, -0.1) is 0 Å². The molecular formula is C14H16F3NO3. The van der Waals surface area contributed by atoms with Crippen molar-refractivity contribution in [1.82, 2.24) is 5.32 Å². The van der Waals surface area contributed by atoms with Crippen molar-refractivity contribution in [3.63, 3.8) is 0 Å². The molecule has 1 aromatic rings. The number of halogens is 3. The normalized spacial score (nSPS) is 12.7. The maximum atomic E-state index is 12.0. The third-order valence-electron chi connectivity index (χ3n) is 2.83. The number of carbonyl (C=O) groups excluding carboxylic acids is 1. The van der Waals surface area contributed by atoms with E-state index in [1.165, 1.54) is 0 Å². The highest BCUT2D eigenvalue weighted by Gasteiger charge is 2.29. The molecule has 0 heterocycles. The maximum Gasteiger partial charge on any atom is 0.389 e. The first kappa shape index (κ1) is 17.0. The number of carbonyl (C=O) groups is 2. The molecule has 7 heteroatoms. The number of aryl methyl sites for hydroxylation is 1. The number of benzene rings is 1. The molecule has 0 saturated carbocycles. The Morgan fingerprint density at radius 1 is 1.19 bits per heavy atom. The second kappa shape index (κ2) is 7.66. The highest BCUT2D eigenvalue weighted by molar-refractivity contribution is 5.83. The molecule has 0 spiro atoms. The Morgan fingerprint density at radius 3 is 2.33 bits per heavy atom. The predicted molar refractivity (Wildman–Crippen MR) is 69.6 cm³/mol. The second-order valence-corrected chi connectivity index (χ2v) is 4.60. The summed E-state index contributed by atoms with van der Waals surface area (Å²) in [7, 11) is 0. The number of rotatable bonds is 7. The third kappa shape index (κ3) is 7.34. The summed E-state index contributed by atoms with van der Waals surface area (Å²) in [4.78, 5) is 22.4. The van der Waals surface area contributed by atoms with Gasteiger partial charge in [0.1, 0.15) is 6.04 Å². The standard InChI is InChI=1S/C14H16F3NO3/c15-14(16,17)9-8-12(19)18-11(13(20)21)7-6-10-4-2-1-3-5-10/h1-5,11H,6-9H2,(H,18,19)(H,20,21). The molecule has 1 aromatic carbocycles. The van der Waals surface area contributed by atoms with Crippen LogP contribution in [0.15, 0.2) is 30.3 Å². The van der Waals surface area contributed by atoms with Crippen molar-refractivity contribution in [2.45, 2.75) is 37.9 Å². The third-order valence-corrected chi connectivity index (χ3v) is 2.83. The molecule has 1 rings (SSSR count). The molecule has 1 unspecified atom stereocenters. The van der Waals surface area contributed by atoms with E-state index in [9.17, 15) is 22.8 Å². The fraction of sp³-hybridized carbons (Fsp3) is 0.429. The minimum Gasteiger partial charge on any atom is -0.480 e. The van der Waals surface area contributed by atoms with E-state index in [0.29, 0.717) is 6.42 Å². The van der Waals surface area contributed by atoms with E-state index in [1.54, 1.807) is 12.1 Å². The van der Waals surface area contributed by atoms with Crippen LogP contribution in [-0.2, 0) is 16.0 Å². The lowest BCUT2D eigenvalue weighted by Crippen LogP contribution is -2.41. The van der Waals surface area contributed by atoms with Crippen LogP contribution in [0.4, 0.5) is 13.2 Å². The van der Waals surface area contributed by atoms with Crippen LogP contribution in [0.1, 0.15) is 24.8 Å². The quantitative estimate of drug-likeness (QED) is 0.813. The molecule has 0 radical (unpaired) electrons. The van der Waals surface area contributed by atoms with Crippen LogP contribution in [0.3, 0.4) is 0 Å². The Labute approximate surface area is 120 Å². The van der Waals surface area contributed by atoms with Gasteiger partial charge in [0.15, 0.2) is 0 Å². The predicted octanol–water partition coefficient (Wildman–Crippen LogP) is 2.53. The van der Waals surface area contributed by atoms with Crippen LogP contribution in [-0.4, -0.2) is 29.2 Å². The molecule has 1 amide bonds. The number of alkyl halides is 3. The number of carboxylic acids is 1. The van der Waals surface area contributed by atoms with Gasteiger partial charge in [0.05, 0.1) is 6.42 Å². The molecule has 21 heavy (non-hydrogen) atoms. The number of carboxylic acid groups (broad SMARTS) is 1. The molecule has 116 valence electrons. The Kier molecular flexibility index (Phi) is 6.20. The van der Waals surface area contributed by atoms with Gasteiger partial charge in [0, 0.05) is 6.42 Å². The topological polar surface area (TPSA) is 66.4 Å². The summed E-state index contributed by atoms with van der Waals surface area (Å²) in [6, 6.07) is 7.84. The molecule has 4 nitrogen and oxygen atoms in total. The van der Waals surface area contributed by atoms with Gasteiger partial charge in [-0.05, 0) is 18.4 Å². The Balaban J connectivity index is 2.46. The highest BCUT2D eigenvalue weighted by atomic mass is 19.4. The first-order valence-corrected chi connectivity index (χ1v) is 6.41. The van der Waals surface area contributed by atoms with E-state index in [4.69, 9.17) is 5.11 Å². The molecule has 0 aliphatic rings. The Bertz CT molecular complexity index is 474. The van der Waals surface area contributed by atoms with Gasteiger partial charge < -0.3 is 10.4 Å². The van der Waals surface area contributed by atoms with Gasteiger partial charge >= 0.3 is 12.1 Å². The van der Waals surface area contributed by atoms with E-state index in [1.807, 2.05) is 18.2 Å². The summed E-state index contributed by atoms with van der Waals surface area (Å²) in [6.07, 6.45) is -5.92. The monoisotopic (exact) mass is 303 g/mol. The van der Waals surface area contributed by atoms with Crippen molar-refractivity contribution >= 4 is 11.9 Å². The van der Waals surface area contributed by atoms with Crippen LogP contribution in [0.2, 0.25) is 0 Å². The van der Waals surface area contributed by atoms with Gasteiger partial charge in [0.25, 0.3) is 0 Å². The van der Waals surface area contributed by atoms with Gasteiger partial charge in [-0.2, -0.15) is 13.2 Å². The van der Waals surface area contributed by atoms with E-state index in [0.717, 1.165) is 5.56 Å². The smallest absolute Gasteiger partial charge is 0.389 e. The molecule has 0 aromatic heterocycles. The average molecular weight is 303 g/mol. The summed E-state index contributed by atoms with van der Waals surface area (Å²) >= 11 is 0. The van der Waals surface area contributed by atoms with Crippen molar-refractivity contribution in [3.8, 4) is 0 Å². The van der Waals surface area contributed by atoms with Crippen molar-refractivity contribution in [1.29, 1.82) is 0 Å². The van der Waals surface area contributed by atoms with Crippen LogP contribution < -0.4 is 5.32 Å². The van der Waals surface area contributed by atoms with Crippen molar-refractivity contribution in [2.24, 2.45) is 0 Å². The molecule has 0 bridgehead atoms. The largest absolute Gasteiger partial charge is 0.480 e. The molecule has 0 fully saturated rings. The fourth-order valence-corrected chi connectivity index (χ4v) is 1.73. The van der Waals surface area contributed by atoms with Gasteiger partial charge in [0.2, 0.25) is 5.91 Å². The number of hydrogen-bond acceptors (Lipinski definition) is 2. The molecule has 0 aliphatic heterocycles. The van der Waals surface area contributed by atoms with Gasteiger partial charge in [-0.1, -0.05) is 30.3 Å². The first-order valence-electron chi connectivity index (χ1n) is 6.41. The maximum absolute atomic E-state index is 12.0. The summed E-state index contributed by atoms with van der Waals surface area (Å²) < 4.78 is 36.0.